The maximum atomic E-state index is 10.5. The number of thiocarbonyl (C=S) groups is 2. The maximum Gasteiger partial charge on any atom is 0.298 e. The lowest BCUT2D eigenvalue weighted by Crippen LogP contribution is -2.41. The van der Waals surface area contributed by atoms with Crippen LogP contribution in [0.15, 0.2) is 0 Å². The summed E-state index contributed by atoms with van der Waals surface area (Å²) in [5.41, 5.74) is 0. The van der Waals surface area contributed by atoms with E-state index in [9.17, 15) is 4.55 Å². The fourth-order valence-electron chi connectivity index (χ4n) is 0.184. The van der Waals surface area contributed by atoms with E-state index in [0.717, 1.165) is 0 Å². The molecule has 0 bridgehead atoms. The highest BCUT2D eigenvalue weighted by molar-refractivity contribution is 7.92. The highest BCUT2D eigenvalue weighted by Gasteiger charge is 2.08. The molecule has 0 aliphatic rings. The normalized spacial score (nSPS) is 9.00. The molecular formula is C2H4N2O3S3. The van der Waals surface area contributed by atoms with Gasteiger partial charge < -0.3 is 14.8 Å². The van der Waals surface area contributed by atoms with E-state index in [1.165, 1.54) is 0 Å². The Morgan fingerprint density at radius 1 is 1.20 bits per heavy atom. The Kier molecular flexibility index (Phi) is 4.36. The number of rotatable bonds is 2. The molecule has 0 saturated heterocycles. The second-order valence-electron chi connectivity index (χ2n) is 1.08. The average Bonchev–Trinajstić information content (AvgIpc) is 1.58. The van der Waals surface area contributed by atoms with Gasteiger partial charge in [-0.2, -0.15) is 0 Å². The van der Waals surface area contributed by atoms with Gasteiger partial charge in [-0.3, -0.25) is 0 Å². The Morgan fingerprint density at radius 3 is 1.70 bits per heavy atom. The predicted octanol–water partition coefficient (Wildman–Crippen LogP) is -0.570. The van der Waals surface area contributed by atoms with Crippen LogP contribution < -0.4 is 9.44 Å². The van der Waals surface area contributed by atoms with E-state index in [2.05, 4.69) is 24.4 Å². The Balaban J connectivity index is 3.53. The minimum absolute atomic E-state index is 0.637. The number of nitrogens with one attached hydrogen (secondary N) is 2. The van der Waals surface area contributed by atoms with Crippen molar-refractivity contribution in [2.45, 2.75) is 0 Å². The first-order chi connectivity index (χ1) is 4.52. The second-order valence-corrected chi connectivity index (χ2v) is 2.80. The van der Waals surface area contributed by atoms with Crippen molar-refractivity contribution in [1.29, 1.82) is 0 Å². The topological polar surface area (TPSA) is 87.6 Å². The summed E-state index contributed by atoms with van der Waals surface area (Å²) < 4.78 is 14.2. The number of hydrogen-bond acceptors (Lipinski definition) is 3. The summed E-state index contributed by atoms with van der Waals surface area (Å²) in [4.78, 5) is 0. The Labute approximate surface area is 70.9 Å². The summed E-state index contributed by atoms with van der Waals surface area (Å²) in [5.74, 6) is 0. The van der Waals surface area contributed by atoms with E-state index in [1.54, 1.807) is 0 Å². The standard InChI is InChI=1S/C2H4N2O3S3/c5-1(8)3-10(7)4-2(6)9/h(H2,3,5,8)(H2,4,6,9). The van der Waals surface area contributed by atoms with E-state index in [0.29, 0.717) is 0 Å². The van der Waals surface area contributed by atoms with Crippen LogP contribution in [0.5, 0.6) is 0 Å². The van der Waals surface area contributed by atoms with Gasteiger partial charge in [0.2, 0.25) is 0 Å². The fraction of sp³-hybridized carbons (Fsp3) is 0. The quantitative estimate of drug-likeness (QED) is 0.351. The fourth-order valence-corrected chi connectivity index (χ4v) is 1.01. The molecule has 0 spiro atoms. The van der Waals surface area contributed by atoms with Crippen LogP contribution in [0, 0.1) is 0 Å². The van der Waals surface area contributed by atoms with Crippen LogP contribution in [-0.4, -0.2) is 25.1 Å². The molecule has 58 valence electrons. The first-order valence-corrected chi connectivity index (χ1v) is 3.90. The van der Waals surface area contributed by atoms with E-state index in [4.69, 9.17) is 10.2 Å². The van der Waals surface area contributed by atoms with Gasteiger partial charge in [-0.05, 0) is 24.4 Å². The Morgan fingerprint density at radius 2 is 1.50 bits per heavy atom. The first-order valence-electron chi connectivity index (χ1n) is 1.93. The van der Waals surface area contributed by atoms with E-state index in [1.807, 2.05) is 9.44 Å². The lowest BCUT2D eigenvalue weighted by atomic mass is 11.4. The molecule has 0 aliphatic carbocycles. The third-order valence-electron chi connectivity index (χ3n) is 0.360. The summed E-state index contributed by atoms with van der Waals surface area (Å²) >= 11 is 6.36. The van der Waals surface area contributed by atoms with Crippen molar-refractivity contribution in [3.63, 3.8) is 0 Å². The van der Waals surface area contributed by atoms with Gasteiger partial charge in [0, 0.05) is 0 Å². The molecule has 0 unspecified atom stereocenters. The summed E-state index contributed by atoms with van der Waals surface area (Å²) in [6.45, 7) is 0. The van der Waals surface area contributed by atoms with Crippen molar-refractivity contribution in [3.05, 3.63) is 0 Å². The molecule has 0 aliphatic heterocycles. The first kappa shape index (κ1) is 9.69. The monoisotopic (exact) mass is 200 g/mol. The van der Waals surface area contributed by atoms with Crippen LogP contribution >= 0.6 is 24.4 Å². The largest absolute Gasteiger partial charge is 0.568 e. The zero-order valence-corrected chi connectivity index (χ0v) is 6.98. The van der Waals surface area contributed by atoms with Gasteiger partial charge in [-0.1, -0.05) is 0 Å². The third kappa shape index (κ3) is 5.82. The molecule has 0 heterocycles. The van der Waals surface area contributed by atoms with E-state index < -0.39 is 21.9 Å². The highest BCUT2D eigenvalue weighted by atomic mass is 32.2. The van der Waals surface area contributed by atoms with Crippen molar-refractivity contribution >= 4 is 46.3 Å². The van der Waals surface area contributed by atoms with Crippen LogP contribution in [-0.2, 0) is 11.5 Å². The van der Waals surface area contributed by atoms with Gasteiger partial charge >= 0.3 is 0 Å². The summed E-state index contributed by atoms with van der Waals surface area (Å²) in [6, 6.07) is 0. The second kappa shape index (κ2) is 4.50. The van der Waals surface area contributed by atoms with Crippen LogP contribution in [0.4, 0.5) is 0 Å². The summed E-state index contributed by atoms with van der Waals surface area (Å²) in [5, 5.41) is 15.3. The van der Waals surface area contributed by atoms with Crippen LogP contribution in [0.2, 0.25) is 0 Å². The van der Waals surface area contributed by atoms with Crippen molar-refractivity contribution < 1.29 is 14.8 Å². The molecule has 0 amide bonds. The molecule has 8 heteroatoms. The van der Waals surface area contributed by atoms with Gasteiger partial charge in [-0.15, -0.1) is 9.44 Å². The van der Waals surface area contributed by atoms with Gasteiger partial charge in [0.05, 0.1) is 0 Å². The zero-order valence-electron chi connectivity index (χ0n) is 4.53. The Hall–Kier alpha value is -0.310. The molecule has 5 nitrogen and oxygen atoms in total. The summed E-state index contributed by atoms with van der Waals surface area (Å²) in [7, 11) is 0. The predicted molar refractivity (Wildman–Crippen MR) is 44.9 cm³/mol. The summed E-state index contributed by atoms with van der Waals surface area (Å²) in [6.07, 6.45) is 0. The maximum absolute atomic E-state index is 10.5. The van der Waals surface area contributed by atoms with Crippen LogP contribution in [0.1, 0.15) is 0 Å². The van der Waals surface area contributed by atoms with Crippen LogP contribution in [0.3, 0.4) is 0 Å². The smallest absolute Gasteiger partial charge is 0.298 e. The molecule has 4 N–H and O–H groups in total. The van der Waals surface area contributed by atoms with E-state index >= 15 is 0 Å². The van der Waals surface area contributed by atoms with Crippen LogP contribution in [0.25, 0.3) is 0 Å². The minimum Gasteiger partial charge on any atom is -0.568 e. The molecule has 0 saturated carbocycles. The molecule has 0 aromatic rings. The molecule has 0 aromatic heterocycles. The highest BCUT2D eigenvalue weighted by Crippen LogP contribution is 1.76. The zero-order chi connectivity index (χ0) is 8.15. The van der Waals surface area contributed by atoms with Crippen molar-refractivity contribution in [1.82, 2.24) is 9.44 Å². The SMILES string of the molecule is [O-][S+](NC(O)=S)NC(O)=S. The minimum atomic E-state index is -1.86. The molecule has 0 radical (unpaired) electrons. The molecular weight excluding hydrogens is 196 g/mol. The molecule has 0 rings (SSSR count). The van der Waals surface area contributed by atoms with Crippen molar-refractivity contribution in [2.24, 2.45) is 0 Å². The lowest BCUT2D eigenvalue weighted by Gasteiger charge is -2.06. The Bertz CT molecular complexity index is 135. The number of aliphatic hydroxyl groups is 2. The molecule has 10 heavy (non-hydrogen) atoms. The van der Waals surface area contributed by atoms with Gasteiger partial charge in [0.25, 0.3) is 10.3 Å². The van der Waals surface area contributed by atoms with Gasteiger partial charge in [0.15, 0.2) is 11.5 Å². The molecule has 0 aromatic carbocycles. The molecule has 0 atom stereocenters. The van der Waals surface area contributed by atoms with E-state index in [-0.39, 0.29) is 0 Å². The third-order valence-corrected chi connectivity index (χ3v) is 1.58. The van der Waals surface area contributed by atoms with Crippen molar-refractivity contribution in [3.8, 4) is 0 Å². The van der Waals surface area contributed by atoms with Gasteiger partial charge in [0.1, 0.15) is 0 Å². The number of hydrogen-bond donors (Lipinski definition) is 4. The van der Waals surface area contributed by atoms with Crippen molar-refractivity contribution in [2.75, 3.05) is 0 Å². The lowest BCUT2D eigenvalue weighted by molar-refractivity contribution is 0.528. The number of aliphatic hydroxyl groups excluding tert-OH is 2. The molecule has 0 fully saturated rings. The average molecular weight is 200 g/mol. The van der Waals surface area contributed by atoms with Gasteiger partial charge in [-0.25, -0.2) is 0 Å².